The Morgan fingerprint density at radius 2 is 1.89 bits per heavy atom. The molecule has 0 amide bonds. The van der Waals surface area contributed by atoms with Gasteiger partial charge in [-0.05, 0) is 18.6 Å². The molecule has 0 radical (unpaired) electrons. The van der Waals surface area contributed by atoms with E-state index in [1.165, 1.54) is 25.7 Å². The van der Waals surface area contributed by atoms with Crippen molar-refractivity contribution in [1.29, 1.82) is 0 Å². The van der Waals surface area contributed by atoms with Crippen LogP contribution in [-0.4, -0.2) is 12.4 Å². The summed E-state index contributed by atoms with van der Waals surface area (Å²) in [5.41, 5.74) is 0.751. The molecule has 1 aromatic carbocycles. The molecule has 18 heavy (non-hydrogen) atoms. The number of hydrogen-bond donors (Lipinski definition) is 0. The van der Waals surface area contributed by atoms with Crippen LogP contribution in [0.5, 0.6) is 5.75 Å². The van der Waals surface area contributed by atoms with Crippen LogP contribution in [0.3, 0.4) is 0 Å². The molecule has 0 heterocycles. The highest BCUT2D eigenvalue weighted by Crippen LogP contribution is 2.15. The molecule has 0 atom stereocenters. The van der Waals surface area contributed by atoms with Crippen molar-refractivity contribution in [3.63, 3.8) is 0 Å². The van der Waals surface area contributed by atoms with Gasteiger partial charge < -0.3 is 4.74 Å². The van der Waals surface area contributed by atoms with Gasteiger partial charge in [-0.2, -0.15) is 0 Å². The Morgan fingerprint density at radius 1 is 1.11 bits per heavy atom. The summed E-state index contributed by atoms with van der Waals surface area (Å²) in [7, 11) is 0. The molecule has 1 rings (SSSR count). The van der Waals surface area contributed by atoms with Gasteiger partial charge in [0.1, 0.15) is 5.75 Å². The molecule has 0 saturated heterocycles. The first-order valence-corrected chi connectivity index (χ1v) is 7.04. The lowest BCUT2D eigenvalue weighted by molar-refractivity contribution is 0.0987. The zero-order valence-electron chi connectivity index (χ0n) is 11.6. The van der Waals surface area contributed by atoms with Gasteiger partial charge in [-0.25, -0.2) is 0 Å². The highest BCUT2D eigenvalue weighted by atomic mass is 16.5. The molecule has 0 spiro atoms. The molecule has 2 heteroatoms. The Balaban J connectivity index is 2.32. The molecule has 0 bridgehead atoms. The smallest absolute Gasteiger partial charge is 0.162 e. The van der Waals surface area contributed by atoms with Crippen LogP contribution in [0.4, 0.5) is 0 Å². The Labute approximate surface area is 110 Å². The summed E-state index contributed by atoms with van der Waals surface area (Å²) in [6, 6.07) is 7.49. The summed E-state index contributed by atoms with van der Waals surface area (Å²) in [6.07, 6.45) is 6.71. The Morgan fingerprint density at radius 3 is 2.61 bits per heavy atom. The lowest BCUT2D eigenvalue weighted by Crippen LogP contribution is -2.00. The van der Waals surface area contributed by atoms with Gasteiger partial charge >= 0.3 is 0 Å². The lowest BCUT2D eigenvalue weighted by atomic mass is 10.1. The number of unbranched alkanes of at least 4 members (excludes halogenated alkanes) is 4. The van der Waals surface area contributed by atoms with Crippen LogP contribution >= 0.6 is 0 Å². The van der Waals surface area contributed by atoms with Crippen molar-refractivity contribution >= 4 is 5.78 Å². The molecule has 1 aromatic rings. The van der Waals surface area contributed by atoms with Crippen LogP contribution in [-0.2, 0) is 0 Å². The molecule has 0 aromatic heterocycles. The second-order valence-corrected chi connectivity index (χ2v) is 4.57. The average Bonchev–Trinajstić information content (AvgIpc) is 2.42. The van der Waals surface area contributed by atoms with Crippen LogP contribution < -0.4 is 4.74 Å². The normalized spacial score (nSPS) is 10.3. The summed E-state index contributed by atoms with van der Waals surface area (Å²) >= 11 is 0. The fourth-order valence-corrected chi connectivity index (χ4v) is 1.86. The molecule has 0 fully saturated rings. The zero-order chi connectivity index (χ0) is 13.2. The maximum absolute atomic E-state index is 11.6. The fourth-order valence-electron chi connectivity index (χ4n) is 1.86. The number of ether oxygens (including phenoxy) is 1. The third-order valence-corrected chi connectivity index (χ3v) is 2.99. The number of benzene rings is 1. The van der Waals surface area contributed by atoms with Crippen molar-refractivity contribution in [2.75, 3.05) is 6.61 Å². The minimum Gasteiger partial charge on any atom is -0.494 e. The largest absolute Gasteiger partial charge is 0.494 e. The number of carbonyl (C=O) groups excluding carboxylic acids is 1. The molecular weight excluding hydrogens is 224 g/mol. The van der Waals surface area contributed by atoms with E-state index in [1.54, 1.807) is 0 Å². The monoisotopic (exact) mass is 248 g/mol. The van der Waals surface area contributed by atoms with Crippen molar-refractivity contribution in [3.8, 4) is 5.75 Å². The molecule has 0 aliphatic heterocycles. The number of hydrogen-bond acceptors (Lipinski definition) is 2. The topological polar surface area (TPSA) is 26.3 Å². The van der Waals surface area contributed by atoms with E-state index in [0.717, 1.165) is 24.3 Å². The van der Waals surface area contributed by atoms with Crippen LogP contribution in [0, 0.1) is 0 Å². The predicted molar refractivity (Wildman–Crippen MR) is 75.3 cm³/mol. The number of Topliss-reactive ketones (excluding diaryl/α,β-unsaturated/α-hetero) is 1. The van der Waals surface area contributed by atoms with Gasteiger partial charge in [0.05, 0.1) is 6.61 Å². The van der Waals surface area contributed by atoms with E-state index >= 15 is 0 Å². The van der Waals surface area contributed by atoms with E-state index in [0.29, 0.717) is 6.42 Å². The standard InChI is InChI=1S/C16H24O2/c1-3-5-6-7-8-12-18-15-11-9-10-14(13-15)16(17)4-2/h9-11,13H,3-8,12H2,1-2H3. The zero-order valence-corrected chi connectivity index (χ0v) is 11.6. The van der Waals surface area contributed by atoms with E-state index < -0.39 is 0 Å². The summed E-state index contributed by atoms with van der Waals surface area (Å²) in [5, 5.41) is 0. The van der Waals surface area contributed by atoms with Gasteiger partial charge in [0.15, 0.2) is 5.78 Å². The van der Waals surface area contributed by atoms with Gasteiger partial charge in [0, 0.05) is 12.0 Å². The van der Waals surface area contributed by atoms with E-state index in [4.69, 9.17) is 4.74 Å². The third kappa shape index (κ3) is 5.35. The summed E-state index contributed by atoms with van der Waals surface area (Å²) in [4.78, 5) is 11.6. The van der Waals surface area contributed by atoms with Crippen LogP contribution in [0.25, 0.3) is 0 Å². The Bertz CT molecular complexity index is 358. The third-order valence-electron chi connectivity index (χ3n) is 2.99. The van der Waals surface area contributed by atoms with Gasteiger partial charge in [-0.1, -0.05) is 51.7 Å². The summed E-state index contributed by atoms with van der Waals surface area (Å²) in [6.45, 7) is 4.84. The minimum atomic E-state index is 0.170. The van der Waals surface area contributed by atoms with Gasteiger partial charge in [0.25, 0.3) is 0 Å². The molecule has 0 aliphatic rings. The summed E-state index contributed by atoms with van der Waals surface area (Å²) < 4.78 is 5.67. The lowest BCUT2D eigenvalue weighted by Gasteiger charge is -2.07. The maximum atomic E-state index is 11.6. The predicted octanol–water partition coefficient (Wildman–Crippen LogP) is 4.63. The van der Waals surface area contributed by atoms with Crippen molar-refractivity contribution in [1.82, 2.24) is 0 Å². The van der Waals surface area contributed by atoms with E-state index in [1.807, 2.05) is 31.2 Å². The first-order chi connectivity index (χ1) is 8.77. The highest BCUT2D eigenvalue weighted by molar-refractivity contribution is 5.96. The molecule has 100 valence electrons. The average molecular weight is 248 g/mol. The van der Waals surface area contributed by atoms with E-state index in [2.05, 4.69) is 6.92 Å². The molecule has 2 nitrogen and oxygen atoms in total. The second kappa shape index (κ2) is 8.73. The first-order valence-electron chi connectivity index (χ1n) is 7.04. The molecule has 0 unspecified atom stereocenters. The van der Waals surface area contributed by atoms with Crippen molar-refractivity contribution < 1.29 is 9.53 Å². The van der Waals surface area contributed by atoms with Gasteiger partial charge in [-0.3, -0.25) is 4.79 Å². The Kier molecular flexibility index (Phi) is 7.16. The van der Waals surface area contributed by atoms with Crippen LogP contribution in [0.15, 0.2) is 24.3 Å². The van der Waals surface area contributed by atoms with E-state index in [9.17, 15) is 4.79 Å². The Hall–Kier alpha value is -1.31. The van der Waals surface area contributed by atoms with Crippen LogP contribution in [0.1, 0.15) is 62.7 Å². The van der Waals surface area contributed by atoms with Crippen LogP contribution in [0.2, 0.25) is 0 Å². The SMILES string of the molecule is CCCCCCCOc1cccc(C(=O)CC)c1. The molecule has 0 aliphatic carbocycles. The number of carbonyl (C=O) groups is 1. The number of ketones is 1. The van der Waals surface area contributed by atoms with Gasteiger partial charge in [-0.15, -0.1) is 0 Å². The molecule has 0 N–H and O–H groups in total. The fraction of sp³-hybridized carbons (Fsp3) is 0.562. The second-order valence-electron chi connectivity index (χ2n) is 4.57. The minimum absolute atomic E-state index is 0.170. The van der Waals surface area contributed by atoms with Gasteiger partial charge in [0.2, 0.25) is 0 Å². The quantitative estimate of drug-likeness (QED) is 0.470. The highest BCUT2D eigenvalue weighted by Gasteiger charge is 2.03. The maximum Gasteiger partial charge on any atom is 0.162 e. The van der Waals surface area contributed by atoms with Crippen molar-refractivity contribution in [3.05, 3.63) is 29.8 Å². The van der Waals surface area contributed by atoms with E-state index in [-0.39, 0.29) is 5.78 Å². The molecule has 0 saturated carbocycles. The van der Waals surface area contributed by atoms with Crippen molar-refractivity contribution in [2.24, 2.45) is 0 Å². The summed E-state index contributed by atoms with van der Waals surface area (Å²) in [5.74, 6) is 0.980. The molecular formula is C16H24O2. The van der Waals surface area contributed by atoms with Crippen molar-refractivity contribution in [2.45, 2.75) is 52.4 Å². The number of rotatable bonds is 9. The first kappa shape index (κ1) is 14.7.